The predicted molar refractivity (Wildman–Crippen MR) is 79.4 cm³/mol. The molecule has 3 nitrogen and oxygen atoms in total. The summed E-state index contributed by atoms with van der Waals surface area (Å²) in [5, 5.41) is 11.4. The van der Waals surface area contributed by atoms with E-state index in [9.17, 15) is 8.78 Å². The summed E-state index contributed by atoms with van der Waals surface area (Å²) in [4.78, 5) is 0.189. The molecule has 0 aliphatic heterocycles. The number of nitrogens with two attached hydrogens (primary N) is 1. The number of oxime groups is 1. The predicted octanol–water partition coefficient (Wildman–Crippen LogP) is 3.93. The Morgan fingerprint density at radius 2 is 1.90 bits per heavy atom. The van der Waals surface area contributed by atoms with Crippen LogP contribution in [-0.2, 0) is 0 Å². The summed E-state index contributed by atoms with van der Waals surface area (Å²) in [6, 6.07) is 12.6. The third-order valence-corrected chi connectivity index (χ3v) is 4.15. The van der Waals surface area contributed by atoms with Gasteiger partial charge in [-0.15, -0.1) is 11.8 Å². The van der Waals surface area contributed by atoms with Crippen LogP contribution in [0.25, 0.3) is 0 Å². The van der Waals surface area contributed by atoms with E-state index in [4.69, 9.17) is 10.9 Å². The van der Waals surface area contributed by atoms with Gasteiger partial charge in [0.25, 0.3) is 0 Å². The number of halogens is 2. The lowest BCUT2D eigenvalue weighted by atomic mass is 10.1. The highest BCUT2D eigenvalue weighted by Crippen LogP contribution is 2.39. The molecule has 0 amide bonds. The number of rotatable bonds is 5. The molecule has 0 aliphatic carbocycles. The minimum absolute atomic E-state index is 0.0353. The Hall–Kier alpha value is -2.08. The van der Waals surface area contributed by atoms with Crippen LogP contribution in [0.4, 0.5) is 8.78 Å². The van der Waals surface area contributed by atoms with Crippen molar-refractivity contribution in [3.05, 3.63) is 65.7 Å². The Balaban J connectivity index is 2.29. The Labute approximate surface area is 125 Å². The van der Waals surface area contributed by atoms with E-state index in [-0.39, 0.29) is 22.4 Å². The average Bonchev–Trinajstić information content (AvgIpc) is 2.51. The van der Waals surface area contributed by atoms with Gasteiger partial charge in [0.2, 0.25) is 0 Å². The van der Waals surface area contributed by atoms with Gasteiger partial charge in [-0.3, -0.25) is 0 Å². The van der Waals surface area contributed by atoms with Gasteiger partial charge >= 0.3 is 0 Å². The van der Waals surface area contributed by atoms with E-state index >= 15 is 0 Å². The zero-order valence-corrected chi connectivity index (χ0v) is 11.9. The molecule has 0 saturated carbocycles. The van der Waals surface area contributed by atoms with Gasteiger partial charge in [0.05, 0.1) is 0 Å². The van der Waals surface area contributed by atoms with E-state index in [0.29, 0.717) is 0 Å². The second-order valence-corrected chi connectivity index (χ2v) is 5.63. The van der Waals surface area contributed by atoms with E-state index in [1.165, 1.54) is 0 Å². The monoisotopic (exact) mass is 308 g/mol. The Morgan fingerprint density at radius 1 is 1.19 bits per heavy atom. The van der Waals surface area contributed by atoms with Crippen molar-refractivity contribution in [1.82, 2.24) is 0 Å². The highest BCUT2D eigenvalue weighted by molar-refractivity contribution is 7.99. The van der Waals surface area contributed by atoms with Gasteiger partial charge in [-0.25, -0.2) is 8.78 Å². The number of nitrogens with zero attached hydrogens (tertiary/aromatic N) is 1. The zero-order valence-electron chi connectivity index (χ0n) is 11.0. The quantitative estimate of drug-likeness (QED) is 0.289. The number of hydrogen-bond donors (Lipinski definition) is 2. The SMILES string of the molecule is NC(CC(Sc1cc(F)ccc1F)c1ccccc1)=NO. The van der Waals surface area contributed by atoms with Gasteiger partial charge in [-0.2, -0.15) is 0 Å². The van der Waals surface area contributed by atoms with Gasteiger partial charge < -0.3 is 10.9 Å². The molecule has 2 rings (SSSR count). The summed E-state index contributed by atoms with van der Waals surface area (Å²) in [6.07, 6.45) is 0.223. The molecule has 0 aliphatic rings. The number of hydrogen-bond acceptors (Lipinski definition) is 3. The third kappa shape index (κ3) is 4.19. The molecule has 1 unspecified atom stereocenters. The van der Waals surface area contributed by atoms with E-state index in [1.807, 2.05) is 30.3 Å². The summed E-state index contributed by atoms with van der Waals surface area (Å²) in [5.74, 6) is -0.968. The van der Waals surface area contributed by atoms with E-state index < -0.39 is 11.6 Å². The van der Waals surface area contributed by atoms with E-state index in [0.717, 1.165) is 35.5 Å². The maximum atomic E-state index is 13.8. The van der Waals surface area contributed by atoms with Crippen molar-refractivity contribution >= 4 is 17.6 Å². The van der Waals surface area contributed by atoms with Crippen LogP contribution in [0.3, 0.4) is 0 Å². The summed E-state index contributed by atoms with van der Waals surface area (Å²) in [6.45, 7) is 0. The first kappa shape index (κ1) is 15.3. The van der Waals surface area contributed by atoms with Crippen LogP contribution < -0.4 is 5.73 Å². The zero-order chi connectivity index (χ0) is 15.2. The summed E-state index contributed by atoms with van der Waals surface area (Å²) in [5.41, 5.74) is 6.44. The van der Waals surface area contributed by atoms with Crippen molar-refractivity contribution in [3.8, 4) is 0 Å². The lowest BCUT2D eigenvalue weighted by Gasteiger charge is -2.16. The maximum Gasteiger partial charge on any atom is 0.140 e. The van der Waals surface area contributed by atoms with Crippen LogP contribution in [0.15, 0.2) is 58.6 Å². The first-order valence-corrected chi connectivity index (χ1v) is 7.11. The number of amidine groups is 1. The van der Waals surface area contributed by atoms with Gasteiger partial charge in [0, 0.05) is 16.6 Å². The van der Waals surface area contributed by atoms with Crippen LogP contribution in [0, 0.1) is 11.6 Å². The summed E-state index contributed by atoms with van der Waals surface area (Å²) < 4.78 is 27.0. The van der Waals surface area contributed by atoms with Gasteiger partial charge in [0.15, 0.2) is 0 Å². The van der Waals surface area contributed by atoms with Crippen molar-refractivity contribution in [2.75, 3.05) is 0 Å². The molecular formula is C15H14F2N2OS. The molecule has 1 atom stereocenters. The summed E-state index contributed by atoms with van der Waals surface area (Å²) in [7, 11) is 0. The standard InChI is InChI=1S/C15H14F2N2OS/c16-11-6-7-12(17)14(8-11)21-13(9-15(18)19-20)10-4-2-1-3-5-10/h1-8,13,20H,9H2,(H2,18,19). The smallest absolute Gasteiger partial charge is 0.140 e. The van der Waals surface area contributed by atoms with Crippen molar-refractivity contribution in [1.29, 1.82) is 0 Å². The Bertz CT molecular complexity index is 635. The molecule has 0 bridgehead atoms. The van der Waals surface area contributed by atoms with Gasteiger partial charge in [0.1, 0.15) is 17.5 Å². The Kier molecular flexibility index (Phi) is 5.16. The van der Waals surface area contributed by atoms with Gasteiger partial charge in [-0.1, -0.05) is 35.5 Å². The fourth-order valence-electron chi connectivity index (χ4n) is 1.85. The molecule has 0 aromatic heterocycles. The molecule has 2 aromatic carbocycles. The third-order valence-electron chi connectivity index (χ3n) is 2.86. The maximum absolute atomic E-state index is 13.8. The highest BCUT2D eigenvalue weighted by atomic mass is 32.2. The highest BCUT2D eigenvalue weighted by Gasteiger charge is 2.17. The normalized spacial score (nSPS) is 13.1. The van der Waals surface area contributed by atoms with Crippen molar-refractivity contribution in [3.63, 3.8) is 0 Å². The van der Waals surface area contributed by atoms with Gasteiger partial charge in [-0.05, 0) is 23.8 Å². The van der Waals surface area contributed by atoms with Crippen LogP contribution in [0.5, 0.6) is 0 Å². The fourth-order valence-corrected chi connectivity index (χ4v) is 3.06. The first-order chi connectivity index (χ1) is 10.1. The summed E-state index contributed by atoms with van der Waals surface area (Å²) >= 11 is 1.14. The second kappa shape index (κ2) is 7.08. The minimum Gasteiger partial charge on any atom is -0.409 e. The topological polar surface area (TPSA) is 58.6 Å². The minimum atomic E-state index is -0.505. The molecule has 6 heteroatoms. The van der Waals surface area contributed by atoms with E-state index in [1.54, 1.807) is 0 Å². The van der Waals surface area contributed by atoms with Crippen LogP contribution in [0.2, 0.25) is 0 Å². The lowest BCUT2D eigenvalue weighted by Crippen LogP contribution is -2.14. The molecule has 0 saturated heterocycles. The largest absolute Gasteiger partial charge is 0.409 e. The Morgan fingerprint density at radius 3 is 2.57 bits per heavy atom. The molecule has 2 aromatic rings. The van der Waals surface area contributed by atoms with Crippen molar-refractivity contribution in [2.45, 2.75) is 16.6 Å². The van der Waals surface area contributed by atoms with Crippen LogP contribution in [-0.4, -0.2) is 11.0 Å². The number of thioether (sulfide) groups is 1. The van der Waals surface area contributed by atoms with Crippen LogP contribution in [0.1, 0.15) is 17.2 Å². The van der Waals surface area contributed by atoms with E-state index in [2.05, 4.69) is 5.16 Å². The average molecular weight is 308 g/mol. The second-order valence-electron chi connectivity index (χ2n) is 4.39. The van der Waals surface area contributed by atoms with Crippen molar-refractivity contribution < 1.29 is 14.0 Å². The number of benzene rings is 2. The molecule has 0 fully saturated rings. The molecule has 0 heterocycles. The molecule has 21 heavy (non-hydrogen) atoms. The molecule has 0 spiro atoms. The van der Waals surface area contributed by atoms with Crippen LogP contribution >= 0.6 is 11.8 Å². The molecule has 3 N–H and O–H groups in total. The lowest BCUT2D eigenvalue weighted by molar-refractivity contribution is 0.317. The molecule has 110 valence electrons. The van der Waals surface area contributed by atoms with Crippen molar-refractivity contribution in [2.24, 2.45) is 10.9 Å². The molecular weight excluding hydrogens is 294 g/mol. The first-order valence-electron chi connectivity index (χ1n) is 6.23. The molecule has 0 radical (unpaired) electrons. The fraction of sp³-hybridized carbons (Fsp3) is 0.133.